The third-order valence-corrected chi connectivity index (χ3v) is 6.85. The number of benzene rings is 1. The van der Waals surface area contributed by atoms with Gasteiger partial charge >= 0.3 is 0 Å². The maximum Gasteiger partial charge on any atom is 0.218 e. The maximum absolute atomic E-state index is 12.8. The van der Waals surface area contributed by atoms with Gasteiger partial charge in [-0.1, -0.05) is 29.8 Å². The quantitative estimate of drug-likeness (QED) is 0.624. The van der Waals surface area contributed by atoms with E-state index in [1.54, 1.807) is 30.5 Å². The van der Waals surface area contributed by atoms with Crippen molar-refractivity contribution in [2.45, 2.75) is 5.75 Å². The molecule has 3 aromatic rings. The van der Waals surface area contributed by atoms with Crippen molar-refractivity contribution in [2.75, 3.05) is 36.4 Å². The number of pyridine rings is 1. The van der Waals surface area contributed by atoms with Gasteiger partial charge in [-0.15, -0.1) is 0 Å². The number of piperazine rings is 1. The van der Waals surface area contributed by atoms with Gasteiger partial charge in [0.05, 0.1) is 5.75 Å². The molecule has 10 heteroatoms. The van der Waals surface area contributed by atoms with Gasteiger partial charge in [0.15, 0.2) is 0 Å². The van der Waals surface area contributed by atoms with Crippen molar-refractivity contribution >= 4 is 39.1 Å². The Labute approximate surface area is 180 Å². The Kier molecular flexibility index (Phi) is 6.12. The first-order chi connectivity index (χ1) is 14.5. The van der Waals surface area contributed by atoms with Crippen molar-refractivity contribution in [1.29, 1.82) is 0 Å². The van der Waals surface area contributed by atoms with Crippen LogP contribution in [0.5, 0.6) is 0 Å². The third kappa shape index (κ3) is 5.05. The van der Waals surface area contributed by atoms with Crippen LogP contribution in [0.25, 0.3) is 0 Å². The van der Waals surface area contributed by atoms with Crippen LogP contribution in [0.3, 0.4) is 0 Å². The van der Waals surface area contributed by atoms with Crippen LogP contribution in [0, 0.1) is 0 Å². The van der Waals surface area contributed by atoms with Gasteiger partial charge in [-0.25, -0.2) is 23.4 Å². The molecule has 0 radical (unpaired) electrons. The second-order valence-corrected chi connectivity index (χ2v) is 9.28. The van der Waals surface area contributed by atoms with Crippen LogP contribution in [-0.2, 0) is 15.8 Å². The fourth-order valence-corrected chi connectivity index (χ4v) is 5.00. The molecule has 1 fully saturated rings. The monoisotopic (exact) mass is 444 g/mol. The van der Waals surface area contributed by atoms with Crippen molar-refractivity contribution < 1.29 is 8.42 Å². The van der Waals surface area contributed by atoms with E-state index >= 15 is 0 Å². The largest absolute Gasteiger partial charge is 0.354 e. The SMILES string of the molecule is O=S(=O)(Cc1cccc(Cl)c1)N1CCN(c2cc(Nc3ccccn3)ncn2)CC1. The van der Waals surface area contributed by atoms with E-state index in [2.05, 4.69) is 25.2 Å². The highest BCUT2D eigenvalue weighted by Crippen LogP contribution is 2.21. The van der Waals surface area contributed by atoms with Gasteiger partial charge in [0.2, 0.25) is 10.0 Å². The Morgan fingerprint density at radius 2 is 1.77 bits per heavy atom. The molecule has 0 atom stereocenters. The fourth-order valence-electron chi connectivity index (χ4n) is 3.28. The van der Waals surface area contributed by atoms with Gasteiger partial charge < -0.3 is 10.2 Å². The number of aromatic nitrogens is 3. The fraction of sp³-hybridized carbons (Fsp3) is 0.250. The van der Waals surface area contributed by atoms with Crippen molar-refractivity contribution in [3.63, 3.8) is 0 Å². The predicted molar refractivity (Wildman–Crippen MR) is 117 cm³/mol. The number of nitrogens with one attached hydrogen (secondary N) is 1. The van der Waals surface area contributed by atoms with Crippen LogP contribution in [-0.4, -0.2) is 53.9 Å². The van der Waals surface area contributed by atoms with Crippen LogP contribution >= 0.6 is 11.6 Å². The van der Waals surface area contributed by atoms with Crippen LogP contribution in [0.4, 0.5) is 17.5 Å². The highest BCUT2D eigenvalue weighted by Gasteiger charge is 2.27. The molecule has 0 amide bonds. The zero-order valence-corrected chi connectivity index (χ0v) is 17.7. The standard InChI is InChI=1S/C20H21ClN6O2S/c21-17-5-3-4-16(12-17)14-30(28,29)27-10-8-26(9-11-27)20-13-19(23-15-24-20)25-18-6-1-2-7-22-18/h1-7,12-13,15H,8-11,14H2,(H,22,23,24,25). The van der Waals surface area contributed by atoms with E-state index in [4.69, 9.17) is 11.6 Å². The molecule has 8 nitrogen and oxygen atoms in total. The Balaban J connectivity index is 1.39. The molecule has 1 N–H and O–H groups in total. The number of anilines is 3. The van der Waals surface area contributed by atoms with E-state index in [0.717, 1.165) is 5.82 Å². The van der Waals surface area contributed by atoms with Gasteiger partial charge in [-0.2, -0.15) is 4.31 Å². The lowest BCUT2D eigenvalue weighted by Gasteiger charge is -2.34. The van der Waals surface area contributed by atoms with Gasteiger partial charge in [-0.3, -0.25) is 0 Å². The third-order valence-electron chi connectivity index (χ3n) is 4.77. The highest BCUT2D eigenvalue weighted by molar-refractivity contribution is 7.88. The zero-order chi connectivity index (χ0) is 21.0. The number of hydrogen-bond donors (Lipinski definition) is 1. The van der Waals surface area contributed by atoms with Crippen molar-refractivity contribution in [3.8, 4) is 0 Å². The minimum Gasteiger partial charge on any atom is -0.354 e. The van der Waals surface area contributed by atoms with Gasteiger partial charge in [0.25, 0.3) is 0 Å². The number of rotatable bonds is 6. The molecule has 2 aromatic heterocycles. The van der Waals surface area contributed by atoms with Gasteiger partial charge in [0.1, 0.15) is 23.8 Å². The van der Waals surface area contributed by atoms with Gasteiger partial charge in [0, 0.05) is 43.5 Å². The topological polar surface area (TPSA) is 91.3 Å². The van der Waals surface area contributed by atoms with Crippen molar-refractivity contribution in [2.24, 2.45) is 0 Å². The van der Waals surface area contributed by atoms with Crippen LogP contribution < -0.4 is 10.2 Å². The van der Waals surface area contributed by atoms with Crippen LogP contribution in [0.2, 0.25) is 5.02 Å². The average molecular weight is 445 g/mol. The summed E-state index contributed by atoms with van der Waals surface area (Å²) in [5.41, 5.74) is 0.686. The number of hydrogen-bond acceptors (Lipinski definition) is 7. The Morgan fingerprint density at radius 1 is 0.933 bits per heavy atom. The van der Waals surface area contributed by atoms with Crippen molar-refractivity contribution in [3.05, 3.63) is 71.6 Å². The Bertz CT molecular complexity index is 1110. The number of halogens is 1. The first-order valence-electron chi connectivity index (χ1n) is 9.47. The zero-order valence-electron chi connectivity index (χ0n) is 16.1. The van der Waals surface area contributed by atoms with E-state index in [1.165, 1.54) is 10.6 Å². The second-order valence-electron chi connectivity index (χ2n) is 6.87. The summed E-state index contributed by atoms with van der Waals surface area (Å²) >= 11 is 5.97. The number of nitrogens with zero attached hydrogens (tertiary/aromatic N) is 5. The van der Waals surface area contributed by atoms with E-state index in [1.807, 2.05) is 24.3 Å². The molecule has 30 heavy (non-hydrogen) atoms. The summed E-state index contributed by atoms with van der Waals surface area (Å²) < 4.78 is 27.1. The first-order valence-corrected chi connectivity index (χ1v) is 11.5. The van der Waals surface area contributed by atoms with E-state index < -0.39 is 10.0 Å². The molecule has 1 aliphatic heterocycles. The summed E-state index contributed by atoms with van der Waals surface area (Å²) in [6.45, 7) is 1.90. The molecule has 0 spiro atoms. The molecule has 1 aliphatic rings. The molecule has 1 saturated heterocycles. The Morgan fingerprint density at radius 3 is 2.50 bits per heavy atom. The van der Waals surface area contributed by atoms with E-state index in [0.29, 0.717) is 48.4 Å². The minimum atomic E-state index is -3.41. The van der Waals surface area contributed by atoms with Crippen LogP contribution in [0.15, 0.2) is 61.1 Å². The average Bonchev–Trinajstić information content (AvgIpc) is 2.74. The Hall–Kier alpha value is -2.75. The predicted octanol–water partition coefficient (Wildman–Crippen LogP) is 2.92. The van der Waals surface area contributed by atoms with E-state index in [-0.39, 0.29) is 5.75 Å². The molecule has 0 bridgehead atoms. The summed E-state index contributed by atoms with van der Waals surface area (Å²) in [6, 6.07) is 14.4. The lowest BCUT2D eigenvalue weighted by molar-refractivity contribution is 0.383. The molecule has 4 rings (SSSR count). The summed E-state index contributed by atoms with van der Waals surface area (Å²) in [5, 5.41) is 3.68. The summed E-state index contributed by atoms with van der Waals surface area (Å²) in [4.78, 5) is 14.9. The molecular formula is C20H21ClN6O2S. The van der Waals surface area contributed by atoms with E-state index in [9.17, 15) is 8.42 Å². The molecule has 0 saturated carbocycles. The molecule has 156 valence electrons. The van der Waals surface area contributed by atoms with Crippen molar-refractivity contribution in [1.82, 2.24) is 19.3 Å². The smallest absolute Gasteiger partial charge is 0.218 e. The normalized spacial score (nSPS) is 15.2. The highest BCUT2D eigenvalue weighted by atomic mass is 35.5. The molecule has 0 unspecified atom stereocenters. The molecule has 0 aliphatic carbocycles. The summed E-state index contributed by atoms with van der Waals surface area (Å²) in [5.74, 6) is 2.02. The number of sulfonamides is 1. The summed E-state index contributed by atoms with van der Waals surface area (Å²) in [6.07, 6.45) is 3.19. The minimum absolute atomic E-state index is 0.0563. The summed E-state index contributed by atoms with van der Waals surface area (Å²) in [7, 11) is -3.41. The maximum atomic E-state index is 12.8. The lowest BCUT2D eigenvalue weighted by atomic mass is 10.2. The molecule has 1 aromatic carbocycles. The van der Waals surface area contributed by atoms with Crippen LogP contribution in [0.1, 0.15) is 5.56 Å². The van der Waals surface area contributed by atoms with Gasteiger partial charge in [-0.05, 0) is 29.8 Å². The second kappa shape index (κ2) is 8.95. The molecular weight excluding hydrogens is 424 g/mol. The lowest BCUT2D eigenvalue weighted by Crippen LogP contribution is -2.49. The molecule has 3 heterocycles. The first kappa shape index (κ1) is 20.5.